The summed E-state index contributed by atoms with van der Waals surface area (Å²) < 4.78 is 43.3. The van der Waals surface area contributed by atoms with Crippen LogP contribution in [-0.2, 0) is 10.0 Å². The highest BCUT2D eigenvalue weighted by Crippen LogP contribution is 2.21. The summed E-state index contributed by atoms with van der Waals surface area (Å²) in [7, 11) is -3.15. The van der Waals surface area contributed by atoms with Gasteiger partial charge in [-0.1, -0.05) is 12.1 Å². The van der Waals surface area contributed by atoms with Crippen molar-refractivity contribution in [3.05, 3.63) is 30.1 Å². The van der Waals surface area contributed by atoms with E-state index in [0.717, 1.165) is 12.8 Å². The van der Waals surface area contributed by atoms with E-state index in [1.54, 1.807) is 18.2 Å². The maximum Gasteiger partial charge on any atom is 0.211 e. The third kappa shape index (κ3) is 3.91. The lowest BCUT2D eigenvalue weighted by Crippen LogP contribution is -2.40. The molecule has 0 amide bonds. The lowest BCUT2D eigenvalue weighted by molar-refractivity contribution is 0.176. The lowest BCUT2D eigenvalue weighted by atomic mass is 10.0. The fourth-order valence-corrected chi connectivity index (χ4v) is 3.18. The smallest absolute Gasteiger partial charge is 0.211 e. The van der Waals surface area contributed by atoms with Crippen molar-refractivity contribution in [1.29, 1.82) is 0 Å². The van der Waals surface area contributed by atoms with Crippen LogP contribution < -0.4 is 4.74 Å². The third-order valence-electron chi connectivity index (χ3n) is 3.26. The van der Waals surface area contributed by atoms with Crippen molar-refractivity contribution in [2.45, 2.75) is 12.8 Å². The summed E-state index contributed by atoms with van der Waals surface area (Å²) in [6.07, 6.45) is 2.94. The van der Waals surface area contributed by atoms with Crippen molar-refractivity contribution in [3.8, 4) is 5.75 Å². The molecular formula is C13H18FNO3S. The first kappa shape index (κ1) is 14.3. The molecule has 0 aliphatic carbocycles. The molecule has 1 aromatic rings. The van der Waals surface area contributed by atoms with Gasteiger partial charge in [-0.2, -0.15) is 0 Å². The molecule has 6 heteroatoms. The fourth-order valence-electron chi connectivity index (χ4n) is 2.23. The van der Waals surface area contributed by atoms with E-state index in [4.69, 9.17) is 4.74 Å². The Morgan fingerprint density at radius 2 is 2.16 bits per heavy atom. The third-order valence-corrected chi connectivity index (χ3v) is 4.53. The number of rotatable bonds is 4. The van der Waals surface area contributed by atoms with Crippen LogP contribution >= 0.6 is 0 Å². The normalized spacial score (nSPS) is 21.3. The van der Waals surface area contributed by atoms with Crippen LogP contribution in [0.3, 0.4) is 0 Å². The van der Waals surface area contributed by atoms with E-state index in [9.17, 15) is 12.8 Å². The Morgan fingerprint density at radius 1 is 1.42 bits per heavy atom. The van der Waals surface area contributed by atoms with Gasteiger partial charge in [0.2, 0.25) is 10.0 Å². The van der Waals surface area contributed by atoms with E-state index in [-0.39, 0.29) is 11.7 Å². The second-order valence-electron chi connectivity index (χ2n) is 4.87. The monoisotopic (exact) mass is 287 g/mol. The van der Waals surface area contributed by atoms with E-state index in [2.05, 4.69) is 0 Å². The molecule has 0 radical (unpaired) electrons. The van der Waals surface area contributed by atoms with E-state index in [1.165, 1.54) is 16.6 Å². The highest BCUT2D eigenvalue weighted by molar-refractivity contribution is 7.88. The minimum Gasteiger partial charge on any atom is -0.490 e. The highest BCUT2D eigenvalue weighted by Gasteiger charge is 2.26. The Hall–Kier alpha value is -1.14. The minimum absolute atomic E-state index is 0.114. The van der Waals surface area contributed by atoms with Crippen molar-refractivity contribution >= 4 is 10.0 Å². The maximum absolute atomic E-state index is 13.4. The maximum atomic E-state index is 13.4. The first-order valence-electron chi connectivity index (χ1n) is 6.29. The quantitative estimate of drug-likeness (QED) is 0.849. The molecule has 106 valence electrons. The molecule has 1 heterocycles. The number of ether oxygens (including phenoxy) is 1. The zero-order chi connectivity index (χ0) is 13.9. The van der Waals surface area contributed by atoms with E-state index in [0.29, 0.717) is 19.7 Å². The van der Waals surface area contributed by atoms with Gasteiger partial charge in [-0.05, 0) is 25.0 Å². The van der Waals surface area contributed by atoms with E-state index < -0.39 is 15.8 Å². The molecule has 1 atom stereocenters. The molecular weight excluding hydrogens is 269 g/mol. The summed E-state index contributed by atoms with van der Waals surface area (Å²) in [5.74, 6) is -0.0552. The number of benzene rings is 1. The van der Waals surface area contributed by atoms with Crippen LogP contribution in [0, 0.1) is 11.7 Å². The second-order valence-corrected chi connectivity index (χ2v) is 6.85. The molecule has 1 aliphatic heterocycles. The van der Waals surface area contributed by atoms with Gasteiger partial charge < -0.3 is 4.74 Å². The van der Waals surface area contributed by atoms with Gasteiger partial charge in [0.1, 0.15) is 0 Å². The summed E-state index contributed by atoms with van der Waals surface area (Å²) in [5, 5.41) is 0. The summed E-state index contributed by atoms with van der Waals surface area (Å²) in [6, 6.07) is 6.24. The minimum atomic E-state index is -3.15. The summed E-state index contributed by atoms with van der Waals surface area (Å²) in [6.45, 7) is 1.36. The molecule has 19 heavy (non-hydrogen) atoms. The van der Waals surface area contributed by atoms with Crippen molar-refractivity contribution in [2.75, 3.05) is 26.0 Å². The molecule has 0 bridgehead atoms. The van der Waals surface area contributed by atoms with Crippen LogP contribution in [0.4, 0.5) is 4.39 Å². The van der Waals surface area contributed by atoms with Crippen LogP contribution in [0.25, 0.3) is 0 Å². The van der Waals surface area contributed by atoms with Crippen LogP contribution in [0.5, 0.6) is 5.75 Å². The van der Waals surface area contributed by atoms with Crippen LogP contribution in [0.15, 0.2) is 24.3 Å². The predicted octanol–water partition coefficient (Wildman–Crippen LogP) is 1.88. The molecule has 0 aromatic heterocycles. The van der Waals surface area contributed by atoms with Crippen LogP contribution in [0.2, 0.25) is 0 Å². The summed E-state index contributed by atoms with van der Waals surface area (Å²) in [4.78, 5) is 0. The first-order chi connectivity index (χ1) is 8.97. The van der Waals surface area contributed by atoms with Gasteiger partial charge in [0.15, 0.2) is 11.6 Å². The Bertz CT molecular complexity index is 532. The van der Waals surface area contributed by atoms with Crippen molar-refractivity contribution in [2.24, 2.45) is 5.92 Å². The molecule has 1 saturated heterocycles. The van der Waals surface area contributed by atoms with E-state index in [1.807, 2.05) is 0 Å². The van der Waals surface area contributed by atoms with Crippen molar-refractivity contribution < 1.29 is 17.5 Å². The molecule has 0 N–H and O–H groups in total. The largest absolute Gasteiger partial charge is 0.490 e. The molecule has 0 saturated carbocycles. The number of para-hydroxylation sites is 1. The Morgan fingerprint density at radius 3 is 2.84 bits per heavy atom. The SMILES string of the molecule is CS(=O)(=O)N1CCCC(COc2ccccc2F)C1. The average Bonchev–Trinajstić information content (AvgIpc) is 2.37. The molecule has 1 aliphatic rings. The van der Waals surface area contributed by atoms with Gasteiger partial charge in [-0.25, -0.2) is 17.1 Å². The van der Waals surface area contributed by atoms with Gasteiger partial charge in [-0.15, -0.1) is 0 Å². The highest BCUT2D eigenvalue weighted by atomic mass is 32.2. The van der Waals surface area contributed by atoms with Gasteiger partial charge >= 0.3 is 0 Å². The van der Waals surface area contributed by atoms with Gasteiger partial charge in [0, 0.05) is 19.0 Å². The number of nitrogens with zero attached hydrogens (tertiary/aromatic N) is 1. The standard InChI is InChI=1S/C13H18FNO3S/c1-19(16,17)15-8-4-5-11(9-15)10-18-13-7-3-2-6-12(13)14/h2-3,6-7,11H,4-5,8-10H2,1H3. The number of halogens is 1. The van der Waals surface area contributed by atoms with Crippen molar-refractivity contribution in [3.63, 3.8) is 0 Å². The number of hydrogen-bond acceptors (Lipinski definition) is 3. The van der Waals surface area contributed by atoms with E-state index >= 15 is 0 Å². The zero-order valence-electron chi connectivity index (χ0n) is 10.9. The lowest BCUT2D eigenvalue weighted by Gasteiger charge is -2.30. The zero-order valence-corrected chi connectivity index (χ0v) is 11.7. The summed E-state index contributed by atoms with van der Waals surface area (Å²) in [5.41, 5.74) is 0. The Labute approximate surface area is 113 Å². The Kier molecular flexibility index (Phi) is 4.42. The Balaban J connectivity index is 1.92. The topological polar surface area (TPSA) is 46.6 Å². The fraction of sp³-hybridized carbons (Fsp3) is 0.538. The molecule has 0 spiro atoms. The predicted molar refractivity (Wildman–Crippen MR) is 71.0 cm³/mol. The van der Waals surface area contributed by atoms with Gasteiger partial charge in [0.05, 0.1) is 12.9 Å². The molecule has 2 rings (SSSR count). The molecule has 1 aromatic carbocycles. The number of sulfonamides is 1. The average molecular weight is 287 g/mol. The van der Waals surface area contributed by atoms with Gasteiger partial charge in [0.25, 0.3) is 0 Å². The number of hydrogen-bond donors (Lipinski definition) is 0. The van der Waals surface area contributed by atoms with Crippen molar-refractivity contribution in [1.82, 2.24) is 4.31 Å². The second kappa shape index (κ2) is 5.88. The van der Waals surface area contributed by atoms with Crippen LogP contribution in [0.1, 0.15) is 12.8 Å². The summed E-state index contributed by atoms with van der Waals surface area (Å²) >= 11 is 0. The molecule has 4 nitrogen and oxygen atoms in total. The van der Waals surface area contributed by atoms with Gasteiger partial charge in [-0.3, -0.25) is 0 Å². The molecule has 1 fully saturated rings. The first-order valence-corrected chi connectivity index (χ1v) is 8.14. The molecule has 1 unspecified atom stereocenters. The van der Waals surface area contributed by atoms with Crippen LogP contribution in [-0.4, -0.2) is 38.7 Å². The number of piperidine rings is 1.